The van der Waals surface area contributed by atoms with Gasteiger partial charge in [-0.25, -0.2) is 4.39 Å². The Labute approximate surface area is 101 Å². The van der Waals surface area contributed by atoms with E-state index >= 15 is 0 Å². The topological polar surface area (TPSA) is 29.1 Å². The van der Waals surface area contributed by atoms with E-state index in [0.29, 0.717) is 6.42 Å². The summed E-state index contributed by atoms with van der Waals surface area (Å²) >= 11 is 0. The summed E-state index contributed by atoms with van der Waals surface area (Å²) < 4.78 is 13.0. The highest BCUT2D eigenvalue weighted by Crippen LogP contribution is 2.40. The summed E-state index contributed by atoms with van der Waals surface area (Å²) in [4.78, 5) is 11.6. The third kappa shape index (κ3) is 1.94. The normalized spacial score (nSPS) is 28.2. The van der Waals surface area contributed by atoms with Crippen LogP contribution < -0.4 is 5.32 Å². The third-order valence-electron chi connectivity index (χ3n) is 3.94. The van der Waals surface area contributed by atoms with Gasteiger partial charge in [-0.3, -0.25) is 4.79 Å². The molecule has 2 rings (SSSR count). The highest BCUT2D eigenvalue weighted by atomic mass is 19.1. The molecule has 1 aromatic rings. The Bertz CT molecular complexity index is 415. The van der Waals surface area contributed by atoms with E-state index in [1.54, 1.807) is 0 Å². The van der Waals surface area contributed by atoms with Crippen LogP contribution in [0.15, 0.2) is 24.3 Å². The monoisotopic (exact) mass is 235 g/mol. The molecule has 92 valence electrons. The van der Waals surface area contributed by atoms with Crippen molar-refractivity contribution in [3.05, 3.63) is 35.6 Å². The first-order chi connectivity index (χ1) is 8.12. The first-order valence-electron chi connectivity index (χ1n) is 6.17. The van der Waals surface area contributed by atoms with E-state index in [4.69, 9.17) is 0 Å². The van der Waals surface area contributed by atoms with Gasteiger partial charge >= 0.3 is 0 Å². The predicted molar refractivity (Wildman–Crippen MR) is 65.2 cm³/mol. The van der Waals surface area contributed by atoms with Gasteiger partial charge in [-0.05, 0) is 30.5 Å². The molecule has 1 saturated heterocycles. The summed E-state index contributed by atoms with van der Waals surface area (Å²) in [5, 5.41) is 3.03. The second kappa shape index (κ2) is 4.47. The zero-order valence-corrected chi connectivity index (χ0v) is 10.3. The molecule has 1 aliphatic heterocycles. The maximum atomic E-state index is 13.0. The smallest absolute Gasteiger partial charge is 0.221 e. The summed E-state index contributed by atoms with van der Waals surface area (Å²) in [5.41, 5.74) is 0.895. The molecule has 0 spiro atoms. The molecule has 0 bridgehead atoms. The fourth-order valence-corrected chi connectivity index (χ4v) is 2.95. The molecule has 17 heavy (non-hydrogen) atoms. The zero-order valence-electron chi connectivity index (χ0n) is 10.3. The molecule has 1 heterocycles. The summed E-state index contributed by atoms with van der Waals surface area (Å²) in [7, 11) is 0. The van der Waals surface area contributed by atoms with E-state index in [0.717, 1.165) is 18.4 Å². The van der Waals surface area contributed by atoms with Gasteiger partial charge in [0, 0.05) is 17.9 Å². The van der Waals surface area contributed by atoms with Gasteiger partial charge in [0.25, 0.3) is 0 Å². The number of hydrogen-bond donors (Lipinski definition) is 1. The molecular weight excluding hydrogens is 217 g/mol. The molecule has 3 heteroatoms. The molecule has 0 aliphatic carbocycles. The fourth-order valence-electron chi connectivity index (χ4n) is 2.95. The van der Waals surface area contributed by atoms with Gasteiger partial charge in [0.05, 0.1) is 0 Å². The molecule has 2 atom stereocenters. The Hall–Kier alpha value is -1.38. The molecule has 1 aliphatic rings. The number of carbonyl (C=O) groups excluding carboxylic acids is 1. The van der Waals surface area contributed by atoms with Crippen LogP contribution in [0.4, 0.5) is 4.39 Å². The van der Waals surface area contributed by atoms with Gasteiger partial charge in [-0.15, -0.1) is 0 Å². The zero-order chi connectivity index (χ0) is 12.5. The Morgan fingerprint density at radius 3 is 2.53 bits per heavy atom. The van der Waals surface area contributed by atoms with Crippen molar-refractivity contribution in [3.8, 4) is 0 Å². The summed E-state index contributed by atoms with van der Waals surface area (Å²) in [6, 6.07) is 6.72. The van der Waals surface area contributed by atoms with Crippen molar-refractivity contribution >= 4 is 5.91 Å². The number of halogens is 1. The van der Waals surface area contributed by atoms with Crippen molar-refractivity contribution in [2.75, 3.05) is 0 Å². The lowest BCUT2D eigenvalue weighted by Crippen LogP contribution is -2.39. The van der Waals surface area contributed by atoms with E-state index < -0.39 is 0 Å². The number of benzene rings is 1. The van der Waals surface area contributed by atoms with Gasteiger partial charge in [0.15, 0.2) is 0 Å². The quantitative estimate of drug-likeness (QED) is 0.857. The maximum absolute atomic E-state index is 13.0. The maximum Gasteiger partial charge on any atom is 0.221 e. The molecule has 1 N–H and O–H groups in total. The minimum atomic E-state index is -0.231. The van der Waals surface area contributed by atoms with Gasteiger partial charge in [-0.1, -0.05) is 26.0 Å². The van der Waals surface area contributed by atoms with Crippen molar-refractivity contribution in [1.82, 2.24) is 5.32 Å². The molecular formula is C14H18FNO. The fraction of sp³-hybridized carbons (Fsp3) is 0.500. The lowest BCUT2D eigenvalue weighted by Gasteiger charge is -2.33. The van der Waals surface area contributed by atoms with Crippen LogP contribution in [0.25, 0.3) is 0 Å². The highest BCUT2D eigenvalue weighted by molar-refractivity contribution is 5.81. The van der Waals surface area contributed by atoms with E-state index in [2.05, 4.69) is 19.2 Å². The molecule has 0 aromatic heterocycles. The number of amides is 1. The average Bonchev–Trinajstić information content (AvgIpc) is 2.67. The number of nitrogens with one attached hydrogen (secondary N) is 1. The van der Waals surface area contributed by atoms with Crippen LogP contribution in [0.3, 0.4) is 0 Å². The van der Waals surface area contributed by atoms with E-state index in [1.165, 1.54) is 12.1 Å². The SMILES string of the molecule is CCC1NC(=O)CC1(CC)c1ccc(F)cc1. The molecule has 0 radical (unpaired) electrons. The van der Waals surface area contributed by atoms with Crippen molar-refractivity contribution in [1.29, 1.82) is 0 Å². The minimum absolute atomic E-state index is 0.100. The summed E-state index contributed by atoms with van der Waals surface area (Å²) in [5.74, 6) is -0.131. The second-order valence-corrected chi connectivity index (χ2v) is 4.72. The third-order valence-corrected chi connectivity index (χ3v) is 3.94. The molecule has 1 aromatic carbocycles. The van der Waals surface area contributed by atoms with Crippen LogP contribution in [0.2, 0.25) is 0 Å². The van der Waals surface area contributed by atoms with Gasteiger partial charge in [0.1, 0.15) is 5.82 Å². The molecule has 2 nitrogen and oxygen atoms in total. The standard InChI is InChI=1S/C14H18FNO/c1-3-12-14(4-2,9-13(17)16-12)10-5-7-11(15)8-6-10/h5-8,12H,3-4,9H2,1-2H3,(H,16,17). The molecule has 0 saturated carbocycles. The van der Waals surface area contributed by atoms with Crippen LogP contribution in [0, 0.1) is 5.82 Å². The van der Waals surface area contributed by atoms with Gasteiger partial charge in [0.2, 0.25) is 5.91 Å². The van der Waals surface area contributed by atoms with Crippen molar-refractivity contribution in [2.24, 2.45) is 0 Å². The summed E-state index contributed by atoms with van der Waals surface area (Å²) in [6.45, 7) is 4.16. The molecule has 1 fully saturated rings. The molecule has 2 unspecified atom stereocenters. The van der Waals surface area contributed by atoms with Gasteiger partial charge < -0.3 is 5.32 Å². The first-order valence-corrected chi connectivity index (χ1v) is 6.17. The Morgan fingerprint density at radius 2 is 2.00 bits per heavy atom. The lowest BCUT2D eigenvalue weighted by molar-refractivity contribution is -0.119. The number of rotatable bonds is 3. The molecule has 1 amide bonds. The van der Waals surface area contributed by atoms with E-state index in [-0.39, 0.29) is 23.2 Å². The van der Waals surface area contributed by atoms with Crippen molar-refractivity contribution in [2.45, 2.75) is 44.6 Å². The van der Waals surface area contributed by atoms with Crippen molar-refractivity contribution in [3.63, 3.8) is 0 Å². The Kier molecular flexibility index (Phi) is 3.18. The van der Waals surface area contributed by atoms with Crippen LogP contribution in [0.1, 0.15) is 38.7 Å². The Balaban J connectivity index is 2.42. The number of carbonyl (C=O) groups is 1. The second-order valence-electron chi connectivity index (χ2n) is 4.72. The minimum Gasteiger partial charge on any atom is -0.352 e. The van der Waals surface area contributed by atoms with E-state index in [1.807, 2.05) is 12.1 Å². The van der Waals surface area contributed by atoms with Crippen LogP contribution in [-0.4, -0.2) is 11.9 Å². The van der Waals surface area contributed by atoms with Gasteiger partial charge in [-0.2, -0.15) is 0 Å². The van der Waals surface area contributed by atoms with Crippen LogP contribution in [0.5, 0.6) is 0 Å². The lowest BCUT2D eigenvalue weighted by atomic mass is 9.71. The number of hydrogen-bond acceptors (Lipinski definition) is 1. The largest absolute Gasteiger partial charge is 0.352 e. The van der Waals surface area contributed by atoms with E-state index in [9.17, 15) is 9.18 Å². The summed E-state index contributed by atoms with van der Waals surface area (Å²) in [6.07, 6.45) is 2.29. The predicted octanol–water partition coefficient (Wildman–Crippen LogP) is 2.77. The first kappa shape index (κ1) is 12.1. The highest BCUT2D eigenvalue weighted by Gasteiger charge is 2.45. The van der Waals surface area contributed by atoms with Crippen LogP contribution >= 0.6 is 0 Å². The average molecular weight is 235 g/mol. The van der Waals surface area contributed by atoms with Crippen molar-refractivity contribution < 1.29 is 9.18 Å². The Morgan fingerprint density at radius 1 is 1.35 bits per heavy atom. The van der Waals surface area contributed by atoms with Crippen LogP contribution in [-0.2, 0) is 10.2 Å².